The minimum Gasteiger partial charge on any atom is -0.494 e. The molecule has 0 aliphatic carbocycles. The zero-order valence-electron chi connectivity index (χ0n) is 22.7. The van der Waals surface area contributed by atoms with Crippen LogP contribution in [0.4, 0.5) is 0 Å². The number of nitrogens with zero attached hydrogens (tertiary/aromatic N) is 1. The molecular formula is C35H32Cl2N2O2. The number of hydrogen-bond donors (Lipinski definition) is 1. The van der Waals surface area contributed by atoms with Crippen molar-refractivity contribution in [3.05, 3.63) is 147 Å². The Labute approximate surface area is 251 Å². The molecule has 1 heterocycles. The van der Waals surface area contributed by atoms with Crippen molar-refractivity contribution in [1.29, 1.82) is 0 Å². The molecule has 1 atom stereocenters. The summed E-state index contributed by atoms with van der Waals surface area (Å²) < 4.78 is 6.05. The fourth-order valence-corrected chi connectivity index (χ4v) is 6.10. The van der Waals surface area contributed by atoms with Crippen molar-refractivity contribution in [2.45, 2.75) is 37.1 Å². The second-order valence-electron chi connectivity index (χ2n) is 10.3. The quantitative estimate of drug-likeness (QED) is 0.170. The number of benzene rings is 4. The van der Waals surface area contributed by atoms with Crippen LogP contribution in [0.25, 0.3) is 0 Å². The molecule has 1 amide bonds. The molecule has 1 unspecified atom stereocenters. The van der Waals surface area contributed by atoms with Crippen molar-refractivity contribution in [3.8, 4) is 5.75 Å². The van der Waals surface area contributed by atoms with Gasteiger partial charge in [0.25, 0.3) is 0 Å². The van der Waals surface area contributed by atoms with Gasteiger partial charge in [0.05, 0.1) is 12.1 Å². The summed E-state index contributed by atoms with van der Waals surface area (Å²) in [6.45, 7) is 0.473. The summed E-state index contributed by atoms with van der Waals surface area (Å²) in [6.07, 6.45) is 6.94. The number of amides is 1. The van der Waals surface area contributed by atoms with Crippen LogP contribution < -0.4 is 10.5 Å². The number of allylic oxidation sites excluding steroid dienone is 1. The predicted octanol–water partition coefficient (Wildman–Crippen LogP) is 8.47. The Morgan fingerprint density at radius 2 is 1.49 bits per heavy atom. The van der Waals surface area contributed by atoms with Gasteiger partial charge in [-0.05, 0) is 84.4 Å². The summed E-state index contributed by atoms with van der Waals surface area (Å²) in [7, 11) is 0. The lowest BCUT2D eigenvalue weighted by molar-refractivity contribution is 0.1000. The fourth-order valence-electron chi connectivity index (χ4n) is 5.56. The maximum absolute atomic E-state index is 11.6. The van der Waals surface area contributed by atoms with Crippen molar-refractivity contribution in [2.24, 2.45) is 10.7 Å². The van der Waals surface area contributed by atoms with Crippen LogP contribution in [0.5, 0.6) is 5.75 Å². The molecule has 5 rings (SSSR count). The van der Waals surface area contributed by atoms with Crippen molar-refractivity contribution in [2.75, 3.05) is 6.61 Å². The molecule has 1 aliphatic heterocycles. The molecule has 0 aromatic heterocycles. The van der Waals surface area contributed by atoms with E-state index in [1.807, 2.05) is 42.6 Å². The molecule has 208 valence electrons. The van der Waals surface area contributed by atoms with E-state index in [4.69, 9.17) is 38.7 Å². The summed E-state index contributed by atoms with van der Waals surface area (Å²) in [6, 6.07) is 33.8. The van der Waals surface area contributed by atoms with Gasteiger partial charge in [-0.2, -0.15) is 0 Å². The average molecular weight is 584 g/mol. The van der Waals surface area contributed by atoms with Gasteiger partial charge in [0.2, 0.25) is 5.91 Å². The molecule has 0 fully saturated rings. The third kappa shape index (κ3) is 6.90. The van der Waals surface area contributed by atoms with E-state index >= 15 is 0 Å². The molecule has 0 saturated heterocycles. The van der Waals surface area contributed by atoms with Crippen molar-refractivity contribution in [1.82, 2.24) is 0 Å². The Hall–Kier alpha value is -3.86. The van der Waals surface area contributed by atoms with Gasteiger partial charge in [0, 0.05) is 27.7 Å². The maximum Gasteiger partial charge on any atom is 0.248 e. The minimum atomic E-state index is -0.476. The van der Waals surface area contributed by atoms with E-state index < -0.39 is 11.4 Å². The van der Waals surface area contributed by atoms with E-state index in [1.54, 1.807) is 18.2 Å². The molecule has 6 heteroatoms. The molecule has 4 aromatic carbocycles. The third-order valence-corrected chi connectivity index (χ3v) is 8.40. The van der Waals surface area contributed by atoms with Gasteiger partial charge >= 0.3 is 0 Å². The molecule has 4 aromatic rings. The third-order valence-electron chi connectivity index (χ3n) is 7.69. The van der Waals surface area contributed by atoms with E-state index in [9.17, 15) is 4.79 Å². The number of halogens is 2. The Balaban J connectivity index is 1.44. The standard InChI is InChI=1S/C35H32Cl2N2O2/c36-32-16-8-17-33(37)30(32)23-28-18-20-39-35(28,19-9-21-41-29-15-7-14-27(22-29)34(38)40)24-31(25-10-3-1-4-11-25)26-12-5-2-6-13-26/h1-8,10-18,20,22,31H,9,19,21,23-24H2,(H2,38,40). The molecule has 0 radical (unpaired) electrons. The SMILES string of the molecule is NC(=O)c1cccc(OCCCC2(CC(c3ccccc3)c3ccccc3)N=CC=C2Cc2c(Cl)cccc2Cl)c1. The van der Waals surface area contributed by atoms with Crippen LogP contribution in [-0.4, -0.2) is 24.3 Å². The van der Waals surface area contributed by atoms with E-state index in [-0.39, 0.29) is 5.92 Å². The Bertz CT molecular complexity index is 1490. The largest absolute Gasteiger partial charge is 0.494 e. The lowest BCUT2D eigenvalue weighted by Gasteiger charge is -2.35. The molecule has 2 N–H and O–H groups in total. The summed E-state index contributed by atoms with van der Waals surface area (Å²) in [5.41, 5.74) is 9.98. The highest BCUT2D eigenvalue weighted by molar-refractivity contribution is 6.36. The maximum atomic E-state index is 11.6. The van der Waals surface area contributed by atoms with Gasteiger partial charge < -0.3 is 10.5 Å². The van der Waals surface area contributed by atoms with Crippen molar-refractivity contribution < 1.29 is 9.53 Å². The van der Waals surface area contributed by atoms with Crippen LogP contribution in [0.3, 0.4) is 0 Å². The number of primary amides is 1. The van der Waals surface area contributed by atoms with E-state index in [2.05, 4.69) is 54.6 Å². The normalized spacial score (nSPS) is 16.1. The first-order chi connectivity index (χ1) is 19.9. The summed E-state index contributed by atoms with van der Waals surface area (Å²) >= 11 is 13.2. The summed E-state index contributed by atoms with van der Waals surface area (Å²) in [5, 5.41) is 1.30. The second-order valence-corrected chi connectivity index (χ2v) is 11.1. The molecule has 0 spiro atoms. The van der Waals surface area contributed by atoms with Gasteiger partial charge in [-0.25, -0.2) is 0 Å². The highest BCUT2D eigenvalue weighted by atomic mass is 35.5. The van der Waals surface area contributed by atoms with E-state index in [0.717, 1.165) is 24.8 Å². The van der Waals surface area contributed by atoms with Crippen LogP contribution in [0.2, 0.25) is 10.0 Å². The number of aliphatic imine (C=N–C) groups is 1. The monoisotopic (exact) mass is 582 g/mol. The molecular weight excluding hydrogens is 551 g/mol. The summed E-state index contributed by atoms with van der Waals surface area (Å²) in [4.78, 5) is 16.8. The minimum absolute atomic E-state index is 0.130. The molecule has 41 heavy (non-hydrogen) atoms. The fraction of sp³-hybridized carbons (Fsp3) is 0.200. The zero-order chi connectivity index (χ0) is 28.7. The number of hydrogen-bond acceptors (Lipinski definition) is 3. The number of carbonyl (C=O) groups is 1. The Kier molecular flexibility index (Phi) is 9.23. The van der Waals surface area contributed by atoms with Crippen molar-refractivity contribution in [3.63, 3.8) is 0 Å². The zero-order valence-corrected chi connectivity index (χ0v) is 24.2. The van der Waals surface area contributed by atoms with Crippen LogP contribution in [0.1, 0.15) is 52.2 Å². The predicted molar refractivity (Wildman–Crippen MR) is 169 cm³/mol. The van der Waals surface area contributed by atoms with E-state index in [0.29, 0.717) is 34.4 Å². The van der Waals surface area contributed by atoms with Crippen LogP contribution in [0, 0.1) is 0 Å². The highest BCUT2D eigenvalue weighted by Crippen LogP contribution is 2.44. The summed E-state index contributed by atoms with van der Waals surface area (Å²) in [5.74, 6) is 0.275. The van der Waals surface area contributed by atoms with E-state index in [1.165, 1.54) is 16.7 Å². The smallest absolute Gasteiger partial charge is 0.248 e. The lowest BCUT2D eigenvalue weighted by Crippen LogP contribution is -2.32. The molecule has 4 nitrogen and oxygen atoms in total. The average Bonchev–Trinajstić information content (AvgIpc) is 3.39. The van der Waals surface area contributed by atoms with Gasteiger partial charge in [0.1, 0.15) is 5.75 Å². The van der Waals surface area contributed by atoms with Gasteiger partial charge in [-0.3, -0.25) is 9.79 Å². The molecule has 0 bridgehead atoms. The first-order valence-electron chi connectivity index (χ1n) is 13.8. The molecule has 1 aliphatic rings. The first kappa shape index (κ1) is 28.7. The number of ether oxygens (including phenoxy) is 1. The Morgan fingerprint density at radius 1 is 0.854 bits per heavy atom. The molecule has 0 saturated carbocycles. The van der Waals surface area contributed by atoms with Crippen LogP contribution in [0.15, 0.2) is 120 Å². The van der Waals surface area contributed by atoms with Crippen LogP contribution >= 0.6 is 23.2 Å². The second kappa shape index (κ2) is 13.2. The lowest BCUT2D eigenvalue weighted by atomic mass is 9.73. The Morgan fingerprint density at radius 3 is 2.12 bits per heavy atom. The van der Waals surface area contributed by atoms with Gasteiger partial charge in [-0.15, -0.1) is 0 Å². The highest BCUT2D eigenvalue weighted by Gasteiger charge is 2.39. The number of nitrogens with two attached hydrogens (primary N) is 1. The topological polar surface area (TPSA) is 64.7 Å². The van der Waals surface area contributed by atoms with Gasteiger partial charge in [-0.1, -0.05) is 96.0 Å². The number of carbonyl (C=O) groups excluding carboxylic acids is 1. The number of rotatable bonds is 12. The van der Waals surface area contributed by atoms with Crippen molar-refractivity contribution >= 4 is 35.3 Å². The van der Waals surface area contributed by atoms with Gasteiger partial charge in [0.15, 0.2) is 0 Å². The van der Waals surface area contributed by atoms with Crippen LogP contribution in [-0.2, 0) is 6.42 Å². The first-order valence-corrected chi connectivity index (χ1v) is 14.5.